The van der Waals surface area contributed by atoms with Gasteiger partial charge in [-0.15, -0.1) is 0 Å². The summed E-state index contributed by atoms with van der Waals surface area (Å²) in [5.74, 6) is 0.253. The SMILES string of the molecule is CC[C@@H](C(=O)Nc1ccc(C(C)C)cc1)N(c1cc(Cl)ccc1OC)S(C)(=O)=O. The number of nitrogens with one attached hydrogen (secondary N) is 1. The highest BCUT2D eigenvalue weighted by molar-refractivity contribution is 7.92. The molecule has 1 amide bonds. The van der Waals surface area contributed by atoms with Crippen molar-refractivity contribution in [3.8, 4) is 5.75 Å². The molecule has 0 fully saturated rings. The molecule has 0 bridgehead atoms. The van der Waals surface area contributed by atoms with Crippen LogP contribution in [0.1, 0.15) is 38.7 Å². The molecule has 1 atom stereocenters. The fraction of sp³-hybridized carbons (Fsp3) is 0.381. The van der Waals surface area contributed by atoms with Crippen LogP contribution in [-0.4, -0.2) is 33.7 Å². The van der Waals surface area contributed by atoms with Gasteiger partial charge in [0.05, 0.1) is 19.1 Å². The number of benzene rings is 2. The summed E-state index contributed by atoms with van der Waals surface area (Å²) in [5, 5.41) is 3.16. The molecule has 0 aliphatic heterocycles. The highest BCUT2D eigenvalue weighted by Crippen LogP contribution is 2.35. The van der Waals surface area contributed by atoms with Gasteiger partial charge in [0.2, 0.25) is 15.9 Å². The van der Waals surface area contributed by atoms with Crippen molar-refractivity contribution in [2.75, 3.05) is 23.0 Å². The van der Waals surface area contributed by atoms with Gasteiger partial charge < -0.3 is 10.1 Å². The Balaban J connectivity index is 2.41. The van der Waals surface area contributed by atoms with Crippen molar-refractivity contribution < 1.29 is 17.9 Å². The Morgan fingerprint density at radius 2 is 1.79 bits per heavy atom. The summed E-state index contributed by atoms with van der Waals surface area (Å²) in [5.41, 5.74) is 1.97. The molecule has 158 valence electrons. The Morgan fingerprint density at radius 1 is 1.17 bits per heavy atom. The molecule has 0 saturated heterocycles. The van der Waals surface area contributed by atoms with E-state index in [1.54, 1.807) is 19.1 Å². The number of hydrogen-bond donors (Lipinski definition) is 1. The second-order valence-corrected chi connectivity index (χ2v) is 9.36. The molecular weight excluding hydrogens is 412 g/mol. The van der Waals surface area contributed by atoms with E-state index in [-0.39, 0.29) is 12.1 Å². The lowest BCUT2D eigenvalue weighted by Crippen LogP contribution is -2.47. The number of sulfonamides is 1. The maximum Gasteiger partial charge on any atom is 0.248 e. The summed E-state index contributed by atoms with van der Waals surface area (Å²) in [7, 11) is -2.37. The van der Waals surface area contributed by atoms with Crippen LogP contribution in [0.3, 0.4) is 0 Å². The fourth-order valence-electron chi connectivity index (χ4n) is 3.05. The van der Waals surface area contributed by atoms with Crippen LogP contribution in [0.4, 0.5) is 11.4 Å². The number of amides is 1. The maximum atomic E-state index is 13.0. The van der Waals surface area contributed by atoms with Crippen LogP contribution in [0.2, 0.25) is 5.02 Å². The van der Waals surface area contributed by atoms with Gasteiger partial charge in [-0.3, -0.25) is 9.10 Å². The summed E-state index contributed by atoms with van der Waals surface area (Å²) in [6.45, 7) is 5.92. The Bertz CT molecular complexity index is 959. The van der Waals surface area contributed by atoms with E-state index in [0.717, 1.165) is 16.1 Å². The number of carbonyl (C=O) groups is 1. The fourth-order valence-corrected chi connectivity index (χ4v) is 4.42. The van der Waals surface area contributed by atoms with Crippen LogP contribution >= 0.6 is 11.6 Å². The zero-order chi connectivity index (χ0) is 21.8. The van der Waals surface area contributed by atoms with Crippen LogP contribution in [0.25, 0.3) is 0 Å². The maximum absolute atomic E-state index is 13.0. The highest BCUT2D eigenvalue weighted by atomic mass is 35.5. The molecule has 6 nitrogen and oxygen atoms in total. The van der Waals surface area contributed by atoms with Crippen molar-refractivity contribution in [2.24, 2.45) is 0 Å². The van der Waals surface area contributed by atoms with Crippen molar-refractivity contribution in [1.82, 2.24) is 0 Å². The monoisotopic (exact) mass is 438 g/mol. The van der Waals surface area contributed by atoms with Gasteiger partial charge in [0.1, 0.15) is 11.8 Å². The van der Waals surface area contributed by atoms with E-state index in [1.807, 2.05) is 24.3 Å². The molecule has 2 rings (SSSR count). The van der Waals surface area contributed by atoms with Gasteiger partial charge in [-0.1, -0.05) is 44.5 Å². The van der Waals surface area contributed by atoms with Gasteiger partial charge in [0.25, 0.3) is 0 Å². The van der Waals surface area contributed by atoms with Crippen molar-refractivity contribution in [1.29, 1.82) is 0 Å². The summed E-state index contributed by atoms with van der Waals surface area (Å²) in [4.78, 5) is 13.0. The smallest absolute Gasteiger partial charge is 0.248 e. The van der Waals surface area contributed by atoms with Crippen LogP contribution in [0.5, 0.6) is 5.75 Å². The van der Waals surface area contributed by atoms with Gasteiger partial charge in [-0.05, 0) is 48.2 Å². The third kappa shape index (κ3) is 5.64. The molecule has 0 saturated carbocycles. The predicted octanol–water partition coefficient (Wildman–Crippen LogP) is 4.66. The zero-order valence-electron chi connectivity index (χ0n) is 17.3. The van der Waals surface area contributed by atoms with Gasteiger partial charge in [0.15, 0.2) is 0 Å². The average molecular weight is 439 g/mol. The molecule has 29 heavy (non-hydrogen) atoms. The zero-order valence-corrected chi connectivity index (χ0v) is 18.8. The van der Waals surface area contributed by atoms with Crippen LogP contribution in [-0.2, 0) is 14.8 Å². The van der Waals surface area contributed by atoms with Crippen molar-refractivity contribution >= 4 is 38.9 Å². The van der Waals surface area contributed by atoms with Gasteiger partial charge in [0, 0.05) is 10.7 Å². The minimum atomic E-state index is -3.80. The van der Waals surface area contributed by atoms with Crippen molar-refractivity contribution in [3.63, 3.8) is 0 Å². The first-order valence-corrected chi connectivity index (χ1v) is 11.5. The number of halogens is 1. The molecule has 0 aliphatic rings. The van der Waals surface area contributed by atoms with E-state index in [9.17, 15) is 13.2 Å². The Hall–Kier alpha value is -2.25. The molecule has 8 heteroatoms. The standard InChI is InChI=1S/C21H27ClN2O4S/c1-6-18(21(25)23-17-10-7-15(8-11-17)14(2)3)24(29(5,26)27)19-13-16(22)9-12-20(19)28-4/h7-14,18H,6H2,1-5H3,(H,23,25)/t18-/m0/s1. The van der Waals surface area contributed by atoms with Crippen LogP contribution in [0.15, 0.2) is 42.5 Å². The molecule has 0 radical (unpaired) electrons. The quantitative estimate of drug-likeness (QED) is 0.650. The normalized spacial score (nSPS) is 12.5. The van der Waals surface area contributed by atoms with Gasteiger partial charge >= 0.3 is 0 Å². The molecule has 2 aromatic carbocycles. The molecule has 0 aromatic heterocycles. The largest absolute Gasteiger partial charge is 0.495 e. The number of methoxy groups -OCH3 is 1. The summed E-state index contributed by atoms with van der Waals surface area (Å²) < 4.78 is 31.6. The molecular formula is C21H27ClN2O4S. The highest BCUT2D eigenvalue weighted by Gasteiger charge is 2.33. The first-order chi connectivity index (χ1) is 13.6. The number of nitrogens with zero attached hydrogens (tertiary/aromatic N) is 1. The molecule has 1 N–H and O–H groups in total. The molecule has 0 spiro atoms. The Labute approximate surface area is 177 Å². The lowest BCUT2D eigenvalue weighted by molar-refractivity contribution is -0.117. The minimum absolute atomic E-state index is 0.222. The summed E-state index contributed by atoms with van der Waals surface area (Å²) in [6.07, 6.45) is 1.32. The van der Waals surface area contributed by atoms with Gasteiger partial charge in [-0.2, -0.15) is 0 Å². The van der Waals surface area contributed by atoms with E-state index >= 15 is 0 Å². The number of carbonyl (C=O) groups excluding carboxylic acids is 1. The second kappa shape index (κ2) is 9.50. The Kier molecular flexibility index (Phi) is 7.54. The third-order valence-electron chi connectivity index (χ3n) is 4.55. The van der Waals surface area contributed by atoms with Gasteiger partial charge in [-0.25, -0.2) is 8.42 Å². The lowest BCUT2D eigenvalue weighted by atomic mass is 10.0. The van der Waals surface area contributed by atoms with Crippen LogP contribution in [0, 0.1) is 0 Å². The summed E-state index contributed by atoms with van der Waals surface area (Å²) in [6, 6.07) is 11.2. The van der Waals surface area contributed by atoms with E-state index in [1.165, 1.54) is 13.2 Å². The number of rotatable bonds is 8. The number of hydrogen-bond acceptors (Lipinski definition) is 4. The third-order valence-corrected chi connectivity index (χ3v) is 5.95. The first kappa shape index (κ1) is 23.0. The predicted molar refractivity (Wildman–Crippen MR) is 119 cm³/mol. The van der Waals surface area contributed by atoms with E-state index in [0.29, 0.717) is 22.4 Å². The molecule has 0 heterocycles. The van der Waals surface area contributed by atoms with E-state index < -0.39 is 22.0 Å². The van der Waals surface area contributed by atoms with Crippen LogP contribution < -0.4 is 14.4 Å². The molecule has 0 aliphatic carbocycles. The van der Waals surface area contributed by atoms with Crippen molar-refractivity contribution in [3.05, 3.63) is 53.1 Å². The molecule has 0 unspecified atom stereocenters. The number of ether oxygens (including phenoxy) is 1. The minimum Gasteiger partial charge on any atom is -0.495 e. The Morgan fingerprint density at radius 3 is 2.28 bits per heavy atom. The first-order valence-electron chi connectivity index (χ1n) is 9.32. The average Bonchev–Trinajstić information content (AvgIpc) is 2.65. The lowest BCUT2D eigenvalue weighted by Gasteiger charge is -2.31. The topological polar surface area (TPSA) is 75.7 Å². The van der Waals surface area contributed by atoms with Crippen molar-refractivity contribution in [2.45, 2.75) is 39.2 Å². The molecule has 2 aromatic rings. The number of anilines is 2. The van der Waals surface area contributed by atoms with E-state index in [2.05, 4.69) is 19.2 Å². The summed E-state index contributed by atoms with van der Waals surface area (Å²) >= 11 is 6.09. The van der Waals surface area contributed by atoms with E-state index in [4.69, 9.17) is 16.3 Å². The second-order valence-electron chi connectivity index (χ2n) is 7.06.